The molecule has 0 saturated carbocycles. The molecule has 166 valence electrons. The summed E-state index contributed by atoms with van der Waals surface area (Å²) < 4.78 is 27.2. The molecule has 6 nitrogen and oxygen atoms in total. The van der Waals surface area contributed by atoms with Gasteiger partial charge in [0.25, 0.3) is 5.91 Å². The van der Waals surface area contributed by atoms with Crippen molar-refractivity contribution in [3.8, 4) is 11.3 Å². The second kappa shape index (κ2) is 8.42. The topological polar surface area (TPSA) is 79.4 Å². The third-order valence-electron chi connectivity index (χ3n) is 6.13. The standard InChI is InChI=1S/C24H25N3O3S2/c1-16-5-6-17-9-12-21-22(20(17)15-16)25-24(31-21)26-23(28)18-7-10-19(11-8-18)32(29,30)27-13-3-2-4-14-27/h5-8,10-11,15H,2-4,9,12-14H2,1H3,(H,25,26,28). The number of nitrogens with one attached hydrogen (secondary N) is 1. The summed E-state index contributed by atoms with van der Waals surface area (Å²) in [5, 5.41) is 3.46. The highest BCUT2D eigenvalue weighted by Crippen LogP contribution is 2.38. The zero-order chi connectivity index (χ0) is 22.3. The van der Waals surface area contributed by atoms with Gasteiger partial charge in [0, 0.05) is 29.1 Å². The van der Waals surface area contributed by atoms with Crippen molar-refractivity contribution in [2.75, 3.05) is 18.4 Å². The van der Waals surface area contributed by atoms with Gasteiger partial charge in [0.15, 0.2) is 5.13 Å². The molecule has 0 spiro atoms. The third kappa shape index (κ3) is 3.98. The van der Waals surface area contributed by atoms with Crippen LogP contribution in [-0.4, -0.2) is 36.7 Å². The third-order valence-corrected chi connectivity index (χ3v) is 9.07. The second-order valence-electron chi connectivity index (χ2n) is 8.39. The normalized spacial score (nSPS) is 16.3. The minimum Gasteiger partial charge on any atom is -0.298 e. The van der Waals surface area contributed by atoms with Gasteiger partial charge in [0.1, 0.15) is 0 Å². The number of piperidine rings is 1. The SMILES string of the molecule is Cc1ccc2c(c1)-c1nc(NC(=O)c3ccc(S(=O)(=O)N4CCCCC4)cc3)sc1CC2. The Bertz CT molecular complexity index is 1270. The molecule has 0 bridgehead atoms. The van der Waals surface area contributed by atoms with Crippen molar-refractivity contribution in [1.82, 2.24) is 9.29 Å². The Morgan fingerprint density at radius 3 is 2.53 bits per heavy atom. The fraction of sp³-hybridized carbons (Fsp3) is 0.333. The van der Waals surface area contributed by atoms with E-state index in [1.165, 1.54) is 43.8 Å². The van der Waals surface area contributed by atoms with Gasteiger partial charge in [-0.3, -0.25) is 10.1 Å². The van der Waals surface area contributed by atoms with E-state index < -0.39 is 10.0 Å². The number of aromatic nitrogens is 1. The van der Waals surface area contributed by atoms with Crippen LogP contribution >= 0.6 is 11.3 Å². The fourth-order valence-corrected chi connectivity index (χ4v) is 6.85. The molecule has 2 heterocycles. The minimum absolute atomic E-state index is 0.229. The van der Waals surface area contributed by atoms with Crippen molar-refractivity contribution in [2.45, 2.75) is 43.9 Å². The van der Waals surface area contributed by atoms with E-state index in [0.717, 1.165) is 43.4 Å². The number of carbonyl (C=O) groups excluding carboxylic acids is 1. The summed E-state index contributed by atoms with van der Waals surface area (Å²) in [5.41, 5.74) is 4.99. The van der Waals surface area contributed by atoms with Gasteiger partial charge in [0.05, 0.1) is 10.6 Å². The number of carbonyl (C=O) groups is 1. The largest absolute Gasteiger partial charge is 0.298 e. The van der Waals surface area contributed by atoms with Gasteiger partial charge < -0.3 is 0 Å². The van der Waals surface area contributed by atoms with E-state index in [1.807, 2.05) is 0 Å². The number of rotatable bonds is 4. The lowest BCUT2D eigenvalue weighted by Crippen LogP contribution is -2.35. The number of hydrogen-bond acceptors (Lipinski definition) is 5. The number of sulfonamides is 1. The van der Waals surface area contributed by atoms with Crippen LogP contribution in [-0.2, 0) is 22.9 Å². The molecule has 8 heteroatoms. The number of thiazole rings is 1. The van der Waals surface area contributed by atoms with Crippen molar-refractivity contribution in [2.24, 2.45) is 0 Å². The monoisotopic (exact) mass is 467 g/mol. The number of nitrogens with zero attached hydrogens (tertiary/aromatic N) is 2. The molecule has 3 aromatic rings. The number of fused-ring (bicyclic) bond motifs is 3. The molecule has 1 amide bonds. The van der Waals surface area contributed by atoms with Gasteiger partial charge in [-0.25, -0.2) is 13.4 Å². The molecule has 1 N–H and O–H groups in total. The first-order valence-corrected chi connectivity index (χ1v) is 13.2. The van der Waals surface area contributed by atoms with Gasteiger partial charge in [-0.15, -0.1) is 11.3 Å². The van der Waals surface area contributed by atoms with Crippen molar-refractivity contribution in [3.63, 3.8) is 0 Å². The van der Waals surface area contributed by atoms with Gasteiger partial charge in [0.2, 0.25) is 10.0 Å². The minimum atomic E-state index is -3.51. The van der Waals surface area contributed by atoms with E-state index in [1.54, 1.807) is 12.1 Å². The molecular weight excluding hydrogens is 442 g/mol. The number of amides is 1. The molecule has 1 fully saturated rings. The molecule has 0 radical (unpaired) electrons. The van der Waals surface area contributed by atoms with E-state index in [0.29, 0.717) is 23.8 Å². The number of anilines is 1. The molecule has 2 aliphatic rings. The molecule has 0 unspecified atom stereocenters. The Morgan fingerprint density at radius 2 is 1.78 bits per heavy atom. The Labute approximate surface area is 192 Å². The molecule has 1 aromatic heterocycles. The van der Waals surface area contributed by atoms with Crippen LogP contribution in [0.2, 0.25) is 0 Å². The molecule has 1 aliphatic heterocycles. The van der Waals surface area contributed by atoms with Crippen molar-refractivity contribution in [3.05, 3.63) is 64.0 Å². The molecule has 5 rings (SSSR count). The highest BCUT2D eigenvalue weighted by atomic mass is 32.2. The summed E-state index contributed by atoms with van der Waals surface area (Å²) in [4.78, 5) is 18.9. The van der Waals surface area contributed by atoms with Crippen LogP contribution in [0.25, 0.3) is 11.3 Å². The van der Waals surface area contributed by atoms with Gasteiger partial charge >= 0.3 is 0 Å². The molecule has 1 saturated heterocycles. The van der Waals surface area contributed by atoms with E-state index in [9.17, 15) is 13.2 Å². The van der Waals surface area contributed by atoms with Crippen LogP contribution in [0.5, 0.6) is 0 Å². The van der Waals surface area contributed by atoms with Crippen LogP contribution < -0.4 is 5.32 Å². The first kappa shape index (κ1) is 21.3. The molecule has 2 aromatic carbocycles. The van der Waals surface area contributed by atoms with Crippen molar-refractivity contribution in [1.29, 1.82) is 0 Å². The van der Waals surface area contributed by atoms with E-state index in [4.69, 9.17) is 4.98 Å². The lowest BCUT2D eigenvalue weighted by Gasteiger charge is -2.25. The Hall–Kier alpha value is -2.55. The predicted molar refractivity (Wildman–Crippen MR) is 127 cm³/mol. The zero-order valence-corrected chi connectivity index (χ0v) is 19.6. The van der Waals surface area contributed by atoms with Crippen LogP contribution in [0, 0.1) is 6.92 Å². The predicted octanol–water partition coefficient (Wildman–Crippen LogP) is 4.64. The lowest BCUT2D eigenvalue weighted by molar-refractivity contribution is 0.102. The maximum Gasteiger partial charge on any atom is 0.257 e. The van der Waals surface area contributed by atoms with E-state index in [2.05, 4.69) is 30.4 Å². The number of hydrogen-bond donors (Lipinski definition) is 1. The number of benzene rings is 2. The average molecular weight is 468 g/mol. The summed E-state index contributed by atoms with van der Waals surface area (Å²) in [6.07, 6.45) is 4.74. The maximum atomic E-state index is 12.8. The van der Waals surface area contributed by atoms with Crippen LogP contribution in [0.15, 0.2) is 47.4 Å². The molecule has 0 atom stereocenters. The Kier molecular flexibility index (Phi) is 5.61. The highest BCUT2D eigenvalue weighted by molar-refractivity contribution is 7.89. The van der Waals surface area contributed by atoms with Crippen LogP contribution in [0.4, 0.5) is 5.13 Å². The first-order chi connectivity index (χ1) is 15.4. The lowest BCUT2D eigenvalue weighted by atomic mass is 9.92. The quantitative estimate of drug-likeness (QED) is 0.606. The van der Waals surface area contributed by atoms with Crippen molar-refractivity contribution < 1.29 is 13.2 Å². The molecule has 32 heavy (non-hydrogen) atoms. The summed E-state index contributed by atoms with van der Waals surface area (Å²) in [6.45, 7) is 3.18. The average Bonchev–Trinajstić information content (AvgIpc) is 3.23. The zero-order valence-electron chi connectivity index (χ0n) is 17.9. The van der Waals surface area contributed by atoms with Gasteiger partial charge in [-0.2, -0.15) is 4.31 Å². The van der Waals surface area contributed by atoms with Crippen LogP contribution in [0.1, 0.15) is 45.6 Å². The van der Waals surface area contributed by atoms with E-state index in [-0.39, 0.29) is 10.8 Å². The van der Waals surface area contributed by atoms with E-state index >= 15 is 0 Å². The highest BCUT2D eigenvalue weighted by Gasteiger charge is 2.26. The Balaban J connectivity index is 1.33. The summed E-state index contributed by atoms with van der Waals surface area (Å²) in [6, 6.07) is 12.6. The van der Waals surface area contributed by atoms with Crippen molar-refractivity contribution >= 4 is 32.4 Å². The summed E-state index contributed by atoms with van der Waals surface area (Å²) in [7, 11) is -3.51. The smallest absolute Gasteiger partial charge is 0.257 e. The van der Waals surface area contributed by atoms with Gasteiger partial charge in [-0.05, 0) is 68.5 Å². The number of aryl methyl sites for hydroxylation is 3. The summed E-state index contributed by atoms with van der Waals surface area (Å²) >= 11 is 1.51. The molecule has 1 aliphatic carbocycles. The fourth-order valence-electron chi connectivity index (χ4n) is 4.36. The van der Waals surface area contributed by atoms with Gasteiger partial charge in [-0.1, -0.05) is 24.1 Å². The first-order valence-electron chi connectivity index (χ1n) is 10.9. The Morgan fingerprint density at radius 1 is 1.03 bits per heavy atom. The van der Waals surface area contributed by atoms with Crippen LogP contribution in [0.3, 0.4) is 0 Å². The second-order valence-corrected chi connectivity index (χ2v) is 11.4. The molecular formula is C24H25N3O3S2. The summed E-state index contributed by atoms with van der Waals surface area (Å²) in [5.74, 6) is -0.289. The maximum absolute atomic E-state index is 12.8.